The van der Waals surface area contributed by atoms with Crippen molar-refractivity contribution in [1.29, 1.82) is 0 Å². The second kappa shape index (κ2) is 17.1. The molecule has 0 atom stereocenters. The van der Waals surface area contributed by atoms with E-state index in [1.807, 2.05) is 0 Å². The van der Waals surface area contributed by atoms with Crippen molar-refractivity contribution in [3.05, 3.63) is 106 Å². The fourth-order valence-corrected chi connectivity index (χ4v) is 9.43. The standard InChI is InChI=1S/C47H66B2N4.Pt/c1-30(2)38-25-42(32(5)6)46(43(26-38)33(7)8)36-17-21-40(22-18-36)52-29-53(49(51(15)16)48(52)50(13)14)41-23-19-37(20-24-41)47-44(34(9)10)27-39(31(3)4)28-45(47)35(11)12;/h17-28,30-35H,1-16H3;. The molecule has 0 unspecified atom stereocenters. The van der Waals surface area contributed by atoms with Gasteiger partial charge in [-0.25, -0.2) is 0 Å². The first kappa shape index (κ1) is 42.2. The van der Waals surface area contributed by atoms with E-state index in [0.29, 0.717) is 35.5 Å². The van der Waals surface area contributed by atoms with Crippen molar-refractivity contribution >= 4 is 29.3 Å². The van der Waals surface area contributed by atoms with Gasteiger partial charge in [-0.05, 0) is 0 Å². The van der Waals surface area contributed by atoms with Crippen LogP contribution in [0.4, 0.5) is 11.4 Å². The van der Waals surface area contributed by atoms with Gasteiger partial charge in [-0.2, -0.15) is 0 Å². The van der Waals surface area contributed by atoms with E-state index in [2.05, 4.69) is 223 Å². The molecule has 290 valence electrons. The van der Waals surface area contributed by atoms with Gasteiger partial charge in [0.15, 0.2) is 0 Å². The number of anilines is 2. The third-order valence-electron chi connectivity index (χ3n) is 11.4. The first-order valence-electron chi connectivity index (χ1n) is 20.3. The fourth-order valence-electron chi connectivity index (χ4n) is 8.24. The Morgan fingerprint density at radius 3 is 0.889 bits per heavy atom. The van der Waals surface area contributed by atoms with Crippen LogP contribution in [0.25, 0.3) is 22.3 Å². The maximum atomic E-state index is 2.57. The van der Waals surface area contributed by atoms with E-state index in [1.165, 1.54) is 71.2 Å². The summed E-state index contributed by atoms with van der Waals surface area (Å²) in [4.78, 5) is 9.78. The van der Waals surface area contributed by atoms with Gasteiger partial charge in [0.05, 0.1) is 0 Å². The third kappa shape index (κ3) is 8.28. The monoisotopic (exact) mass is 904 g/mol. The van der Waals surface area contributed by atoms with Crippen molar-refractivity contribution in [3.63, 3.8) is 0 Å². The summed E-state index contributed by atoms with van der Waals surface area (Å²) in [6, 6.07) is 28.7. The summed E-state index contributed by atoms with van der Waals surface area (Å²) in [5, 5.41) is 0. The van der Waals surface area contributed by atoms with Crippen LogP contribution in [0.5, 0.6) is 0 Å². The van der Waals surface area contributed by atoms with Gasteiger partial charge in [0.25, 0.3) is 0 Å². The SMILES string of the molecule is CC(C)c1cc(C(C)C)c(-c2ccc(N3B(N(C)C)B(N(C)C)N(c4ccc(-c5c(C(C)C)cc(C(C)C)cc5C(C)C)cc4)[C]3=[Pt])cc2)c(C(C)C)c1. The van der Waals surface area contributed by atoms with E-state index >= 15 is 0 Å². The summed E-state index contributed by atoms with van der Waals surface area (Å²) < 4.78 is 1.20. The van der Waals surface area contributed by atoms with Crippen LogP contribution in [0.3, 0.4) is 0 Å². The van der Waals surface area contributed by atoms with E-state index in [4.69, 9.17) is 0 Å². The van der Waals surface area contributed by atoms with Crippen LogP contribution in [-0.2, 0) is 19.4 Å². The van der Waals surface area contributed by atoms with Gasteiger partial charge in [-0.3, -0.25) is 0 Å². The molecule has 0 aromatic heterocycles. The Hall–Kier alpha value is -2.91. The average molecular weight is 904 g/mol. The number of hydrogen-bond acceptors (Lipinski definition) is 4. The zero-order valence-electron chi connectivity index (χ0n) is 36.2. The van der Waals surface area contributed by atoms with Gasteiger partial charge >= 0.3 is 343 Å². The number of rotatable bonds is 12. The van der Waals surface area contributed by atoms with E-state index in [1.54, 1.807) is 0 Å². The van der Waals surface area contributed by atoms with Crippen LogP contribution in [-0.4, -0.2) is 55.7 Å². The van der Waals surface area contributed by atoms with Crippen LogP contribution in [0.1, 0.15) is 152 Å². The molecule has 0 spiro atoms. The molecule has 4 aromatic rings. The maximum absolute atomic E-state index is 2.57. The Balaban J connectivity index is 1.58. The van der Waals surface area contributed by atoms with Crippen LogP contribution in [0.2, 0.25) is 0 Å². The summed E-state index contributed by atoms with van der Waals surface area (Å²) in [6.45, 7) is 28.1. The topological polar surface area (TPSA) is 13.0 Å². The molecule has 0 radical (unpaired) electrons. The zero-order valence-corrected chi connectivity index (χ0v) is 38.4. The number of nitrogens with zero attached hydrogens (tertiary/aromatic N) is 4. The Kier molecular flexibility index (Phi) is 13.4. The van der Waals surface area contributed by atoms with Crippen LogP contribution < -0.4 is 9.62 Å². The van der Waals surface area contributed by atoms with E-state index in [9.17, 15) is 0 Å². The van der Waals surface area contributed by atoms with Crippen LogP contribution in [0, 0.1) is 0 Å². The second-order valence-electron chi connectivity index (χ2n) is 17.9. The summed E-state index contributed by atoms with van der Waals surface area (Å²) >= 11 is 2.57. The van der Waals surface area contributed by atoms with Gasteiger partial charge in [0, 0.05) is 0 Å². The molecule has 1 aliphatic heterocycles. The number of hydrogen-bond donors (Lipinski definition) is 0. The molecule has 7 heteroatoms. The molecule has 4 aromatic carbocycles. The molecule has 5 rings (SSSR count). The van der Waals surface area contributed by atoms with Gasteiger partial charge in [0.2, 0.25) is 0 Å². The average Bonchev–Trinajstić information content (AvgIpc) is 3.43. The van der Waals surface area contributed by atoms with Gasteiger partial charge in [0.1, 0.15) is 0 Å². The van der Waals surface area contributed by atoms with Gasteiger partial charge in [-0.1, -0.05) is 0 Å². The summed E-state index contributed by atoms with van der Waals surface area (Å²) in [5.41, 5.74) is 16.5. The summed E-state index contributed by atoms with van der Waals surface area (Å²) in [7, 11) is 8.84. The van der Waals surface area contributed by atoms with E-state index < -0.39 is 0 Å². The quantitative estimate of drug-likeness (QED) is 0.131. The first-order chi connectivity index (χ1) is 25.3. The third-order valence-corrected chi connectivity index (χ3v) is 12.4. The van der Waals surface area contributed by atoms with Crippen LogP contribution in [0.15, 0.2) is 72.8 Å². The predicted octanol–water partition coefficient (Wildman–Crippen LogP) is 11.9. The van der Waals surface area contributed by atoms with Crippen LogP contribution >= 0.6 is 0 Å². The Morgan fingerprint density at radius 1 is 0.426 bits per heavy atom. The molecule has 4 nitrogen and oxygen atoms in total. The molecular formula is C47H66B2N4Pt. The predicted molar refractivity (Wildman–Crippen MR) is 237 cm³/mol. The van der Waals surface area contributed by atoms with Gasteiger partial charge in [-0.15, -0.1) is 0 Å². The normalized spacial score (nSPS) is 14.1. The molecule has 1 aliphatic rings. The molecule has 0 aliphatic carbocycles. The molecular weight excluding hydrogens is 837 g/mol. The van der Waals surface area contributed by atoms with Crippen molar-refractivity contribution in [3.8, 4) is 22.3 Å². The van der Waals surface area contributed by atoms with Gasteiger partial charge < -0.3 is 0 Å². The molecule has 1 fully saturated rings. The Labute approximate surface area is 341 Å². The number of benzene rings is 4. The second-order valence-corrected chi connectivity index (χ2v) is 18.9. The molecule has 54 heavy (non-hydrogen) atoms. The summed E-state index contributed by atoms with van der Waals surface area (Å²) in [6.07, 6.45) is 0. The molecule has 1 heterocycles. The Bertz CT molecular complexity index is 1730. The molecule has 0 N–H and O–H groups in total. The zero-order chi connectivity index (χ0) is 39.9. The first-order valence-corrected chi connectivity index (χ1v) is 21.5. The van der Waals surface area contributed by atoms with E-state index in [0.717, 1.165) is 0 Å². The van der Waals surface area contributed by atoms with Crippen molar-refractivity contribution in [2.24, 2.45) is 0 Å². The minimum atomic E-state index is 0.101. The molecule has 0 saturated carbocycles. The minimum absolute atomic E-state index is 0.101. The fraction of sp³-hybridized carbons (Fsp3) is 0.468. The van der Waals surface area contributed by atoms with Crippen molar-refractivity contribution in [1.82, 2.24) is 9.62 Å². The van der Waals surface area contributed by atoms with Crippen molar-refractivity contribution in [2.75, 3.05) is 37.8 Å². The summed E-state index contributed by atoms with van der Waals surface area (Å²) in [5.74, 6) is 2.77. The van der Waals surface area contributed by atoms with E-state index in [-0.39, 0.29) is 13.7 Å². The molecule has 1 saturated heterocycles. The Morgan fingerprint density at radius 2 is 0.685 bits per heavy atom. The molecule has 0 bridgehead atoms. The van der Waals surface area contributed by atoms with Crippen molar-refractivity contribution < 1.29 is 19.4 Å². The van der Waals surface area contributed by atoms with Crippen molar-refractivity contribution in [2.45, 2.75) is 119 Å². The molecule has 0 amide bonds.